The summed E-state index contributed by atoms with van der Waals surface area (Å²) in [5, 5.41) is 9.57. The third-order valence-electron chi connectivity index (χ3n) is 3.57. The smallest absolute Gasteiger partial charge is 0.323 e. The van der Waals surface area contributed by atoms with Gasteiger partial charge in [0.1, 0.15) is 6.04 Å². The van der Waals surface area contributed by atoms with Gasteiger partial charge in [-0.2, -0.15) is 0 Å². The molecule has 86 valence electrons. The van der Waals surface area contributed by atoms with Crippen LogP contribution in [0, 0.1) is 5.92 Å². The lowest BCUT2D eigenvalue weighted by Gasteiger charge is -2.32. The quantitative estimate of drug-likeness (QED) is 0.689. The SMILES string of the molecule is COC(=O)C1CC(O)CN1CC1CCC1. The number of aliphatic hydroxyl groups is 1. The maximum atomic E-state index is 11.5. The minimum atomic E-state index is -0.367. The maximum absolute atomic E-state index is 11.5. The zero-order chi connectivity index (χ0) is 10.8. The molecule has 0 bridgehead atoms. The number of carbonyl (C=O) groups excluding carboxylic acids is 1. The van der Waals surface area contributed by atoms with Crippen LogP contribution in [0.25, 0.3) is 0 Å². The first-order valence-electron chi connectivity index (χ1n) is 5.70. The third-order valence-corrected chi connectivity index (χ3v) is 3.57. The molecular formula is C11H19NO3. The Kier molecular flexibility index (Phi) is 3.26. The number of aliphatic hydroxyl groups excluding tert-OH is 1. The molecule has 1 saturated carbocycles. The fraction of sp³-hybridized carbons (Fsp3) is 0.909. The van der Waals surface area contributed by atoms with E-state index in [0.717, 1.165) is 12.5 Å². The van der Waals surface area contributed by atoms with Crippen molar-refractivity contribution >= 4 is 5.97 Å². The van der Waals surface area contributed by atoms with Gasteiger partial charge in [0, 0.05) is 19.5 Å². The van der Waals surface area contributed by atoms with E-state index in [1.165, 1.54) is 26.4 Å². The van der Waals surface area contributed by atoms with Gasteiger partial charge < -0.3 is 9.84 Å². The molecule has 0 aromatic rings. The number of hydrogen-bond donors (Lipinski definition) is 1. The summed E-state index contributed by atoms with van der Waals surface area (Å²) in [5.41, 5.74) is 0. The lowest BCUT2D eigenvalue weighted by Crippen LogP contribution is -2.41. The molecule has 0 amide bonds. The summed E-state index contributed by atoms with van der Waals surface area (Å²) in [7, 11) is 1.41. The first-order chi connectivity index (χ1) is 7.20. The zero-order valence-corrected chi connectivity index (χ0v) is 9.19. The van der Waals surface area contributed by atoms with Crippen molar-refractivity contribution in [1.82, 2.24) is 4.90 Å². The van der Waals surface area contributed by atoms with Crippen LogP contribution in [0.3, 0.4) is 0 Å². The van der Waals surface area contributed by atoms with Crippen molar-refractivity contribution in [2.24, 2.45) is 5.92 Å². The fourth-order valence-corrected chi connectivity index (χ4v) is 2.47. The van der Waals surface area contributed by atoms with E-state index >= 15 is 0 Å². The highest BCUT2D eigenvalue weighted by molar-refractivity contribution is 5.76. The van der Waals surface area contributed by atoms with Crippen molar-refractivity contribution in [3.05, 3.63) is 0 Å². The Balaban J connectivity index is 1.91. The molecule has 2 aliphatic rings. The van der Waals surface area contributed by atoms with Gasteiger partial charge in [0.2, 0.25) is 0 Å². The predicted octanol–water partition coefficient (Wildman–Crippen LogP) is 0.395. The Bertz CT molecular complexity index is 240. The van der Waals surface area contributed by atoms with E-state index in [2.05, 4.69) is 4.90 Å². The minimum absolute atomic E-state index is 0.203. The number of hydrogen-bond acceptors (Lipinski definition) is 4. The molecule has 2 atom stereocenters. The minimum Gasteiger partial charge on any atom is -0.468 e. The van der Waals surface area contributed by atoms with Crippen LogP contribution < -0.4 is 0 Å². The lowest BCUT2D eigenvalue weighted by atomic mass is 9.85. The van der Waals surface area contributed by atoms with Crippen LogP contribution in [0.15, 0.2) is 0 Å². The molecule has 1 heterocycles. The van der Waals surface area contributed by atoms with Gasteiger partial charge in [-0.15, -0.1) is 0 Å². The lowest BCUT2D eigenvalue weighted by molar-refractivity contribution is -0.146. The van der Waals surface area contributed by atoms with Crippen molar-refractivity contribution < 1.29 is 14.6 Å². The highest BCUT2D eigenvalue weighted by Gasteiger charge is 2.38. The summed E-state index contributed by atoms with van der Waals surface area (Å²) in [5.74, 6) is 0.522. The van der Waals surface area contributed by atoms with Gasteiger partial charge in [0.15, 0.2) is 0 Å². The van der Waals surface area contributed by atoms with Crippen molar-refractivity contribution in [3.8, 4) is 0 Å². The average Bonchev–Trinajstić information content (AvgIpc) is 2.52. The van der Waals surface area contributed by atoms with Crippen LogP contribution >= 0.6 is 0 Å². The largest absolute Gasteiger partial charge is 0.468 e. The number of β-amino-alcohol motifs (C(OH)–C–C–N with tert-alkyl or cyclic N) is 1. The molecule has 2 fully saturated rings. The summed E-state index contributed by atoms with van der Waals surface area (Å²) in [6, 6.07) is -0.217. The predicted molar refractivity (Wildman–Crippen MR) is 55.3 cm³/mol. The van der Waals surface area contributed by atoms with Crippen molar-refractivity contribution in [1.29, 1.82) is 0 Å². The first kappa shape index (κ1) is 10.9. The van der Waals surface area contributed by atoms with Crippen LogP contribution in [-0.4, -0.2) is 48.3 Å². The number of esters is 1. The van der Waals surface area contributed by atoms with Gasteiger partial charge >= 0.3 is 5.97 Å². The standard InChI is InChI=1S/C11H19NO3/c1-15-11(14)10-5-9(13)7-12(10)6-8-3-2-4-8/h8-10,13H,2-7H2,1H3. The summed E-state index contributed by atoms with van der Waals surface area (Å²) < 4.78 is 4.75. The van der Waals surface area contributed by atoms with E-state index < -0.39 is 0 Å². The third kappa shape index (κ3) is 2.32. The van der Waals surface area contributed by atoms with Crippen molar-refractivity contribution in [2.75, 3.05) is 20.2 Å². The molecule has 2 unspecified atom stereocenters. The molecule has 1 aliphatic heterocycles. The topological polar surface area (TPSA) is 49.8 Å². The Morgan fingerprint density at radius 3 is 2.80 bits per heavy atom. The molecule has 4 nitrogen and oxygen atoms in total. The van der Waals surface area contributed by atoms with Gasteiger partial charge in [-0.05, 0) is 18.8 Å². The maximum Gasteiger partial charge on any atom is 0.323 e. The van der Waals surface area contributed by atoms with Gasteiger partial charge in [0.05, 0.1) is 13.2 Å². The molecule has 0 spiro atoms. The van der Waals surface area contributed by atoms with Crippen molar-refractivity contribution in [3.63, 3.8) is 0 Å². The van der Waals surface area contributed by atoms with E-state index in [1.54, 1.807) is 0 Å². The highest BCUT2D eigenvalue weighted by Crippen LogP contribution is 2.30. The number of likely N-dealkylation sites (tertiary alicyclic amines) is 1. The Labute approximate surface area is 90.2 Å². The summed E-state index contributed by atoms with van der Waals surface area (Å²) >= 11 is 0. The van der Waals surface area contributed by atoms with E-state index in [0.29, 0.717) is 13.0 Å². The normalized spacial score (nSPS) is 32.7. The highest BCUT2D eigenvalue weighted by atomic mass is 16.5. The first-order valence-corrected chi connectivity index (χ1v) is 5.70. The second kappa shape index (κ2) is 4.49. The molecule has 4 heteroatoms. The number of nitrogens with zero attached hydrogens (tertiary/aromatic N) is 1. The van der Waals surface area contributed by atoms with E-state index in [4.69, 9.17) is 4.74 Å². The molecule has 1 aliphatic carbocycles. The number of ether oxygens (including phenoxy) is 1. The molecular weight excluding hydrogens is 194 g/mol. The van der Waals surface area contributed by atoms with E-state index in [-0.39, 0.29) is 18.1 Å². The Morgan fingerprint density at radius 1 is 1.53 bits per heavy atom. The number of rotatable bonds is 3. The van der Waals surface area contributed by atoms with Crippen LogP contribution in [0.5, 0.6) is 0 Å². The van der Waals surface area contributed by atoms with Crippen LogP contribution in [0.4, 0.5) is 0 Å². The van der Waals surface area contributed by atoms with Gasteiger partial charge in [-0.1, -0.05) is 6.42 Å². The summed E-state index contributed by atoms with van der Waals surface area (Å²) in [4.78, 5) is 13.6. The second-order valence-corrected chi connectivity index (χ2v) is 4.68. The Hall–Kier alpha value is -0.610. The van der Waals surface area contributed by atoms with Crippen LogP contribution in [-0.2, 0) is 9.53 Å². The molecule has 1 N–H and O–H groups in total. The number of carbonyl (C=O) groups is 1. The van der Waals surface area contributed by atoms with Gasteiger partial charge in [-0.3, -0.25) is 9.69 Å². The Morgan fingerprint density at radius 2 is 2.27 bits per heavy atom. The molecule has 15 heavy (non-hydrogen) atoms. The van der Waals surface area contributed by atoms with E-state index in [1.807, 2.05) is 0 Å². The zero-order valence-electron chi connectivity index (χ0n) is 9.19. The summed E-state index contributed by atoms with van der Waals surface area (Å²) in [6.07, 6.45) is 4.00. The molecule has 2 rings (SSSR count). The number of methoxy groups -OCH3 is 1. The fourth-order valence-electron chi connectivity index (χ4n) is 2.47. The van der Waals surface area contributed by atoms with Gasteiger partial charge in [-0.25, -0.2) is 0 Å². The molecule has 0 aromatic carbocycles. The molecule has 0 aromatic heterocycles. The monoisotopic (exact) mass is 213 g/mol. The molecule has 1 saturated heterocycles. The van der Waals surface area contributed by atoms with Crippen LogP contribution in [0.2, 0.25) is 0 Å². The van der Waals surface area contributed by atoms with Crippen LogP contribution in [0.1, 0.15) is 25.7 Å². The van der Waals surface area contributed by atoms with Crippen molar-refractivity contribution in [2.45, 2.75) is 37.8 Å². The second-order valence-electron chi connectivity index (χ2n) is 4.68. The molecule has 0 radical (unpaired) electrons. The average molecular weight is 213 g/mol. The van der Waals surface area contributed by atoms with E-state index in [9.17, 15) is 9.90 Å². The summed E-state index contributed by atoms with van der Waals surface area (Å²) in [6.45, 7) is 1.56. The van der Waals surface area contributed by atoms with Gasteiger partial charge in [0.25, 0.3) is 0 Å².